The molecule has 2 amide bonds. The van der Waals surface area contributed by atoms with Gasteiger partial charge < -0.3 is 25.9 Å². The molecule has 0 spiro atoms. The number of pyridine rings is 1. The number of aromatic nitrogens is 2. The summed E-state index contributed by atoms with van der Waals surface area (Å²) in [5, 5.41) is 14.0. The van der Waals surface area contributed by atoms with Gasteiger partial charge in [0, 0.05) is 28.3 Å². The quantitative estimate of drug-likeness (QED) is 0.254. The summed E-state index contributed by atoms with van der Waals surface area (Å²) in [5.74, 6) is -2.45. The van der Waals surface area contributed by atoms with Gasteiger partial charge in [0.1, 0.15) is 29.3 Å². The molecule has 1 aliphatic rings. The van der Waals surface area contributed by atoms with Gasteiger partial charge in [-0.25, -0.2) is 9.37 Å². The van der Waals surface area contributed by atoms with Gasteiger partial charge in [0.15, 0.2) is 0 Å². The van der Waals surface area contributed by atoms with E-state index < -0.39 is 47.1 Å². The van der Waals surface area contributed by atoms with E-state index in [1.807, 2.05) is 0 Å². The van der Waals surface area contributed by atoms with E-state index in [-0.39, 0.29) is 39.8 Å². The highest BCUT2D eigenvalue weighted by molar-refractivity contribution is 6.35. The molecule has 4 aromatic rings. The number of nitrogens with zero attached hydrogens (tertiary/aromatic N) is 1. The lowest BCUT2D eigenvalue weighted by molar-refractivity contribution is -0.265. The van der Waals surface area contributed by atoms with Crippen molar-refractivity contribution in [2.75, 3.05) is 13.2 Å². The number of ether oxygens (including phenoxy) is 1. The second-order valence-corrected chi connectivity index (χ2v) is 10.1. The Labute approximate surface area is 229 Å². The Bertz CT molecular complexity index is 1660. The van der Waals surface area contributed by atoms with Crippen molar-refractivity contribution < 1.29 is 37.0 Å². The highest BCUT2D eigenvalue weighted by atomic mass is 35.5. The van der Waals surface area contributed by atoms with Crippen molar-refractivity contribution in [3.05, 3.63) is 82.4 Å². The Hall–Kier alpha value is -4.16. The summed E-state index contributed by atoms with van der Waals surface area (Å²) in [6.07, 6.45) is -3.76. The van der Waals surface area contributed by atoms with Gasteiger partial charge in [-0.15, -0.1) is 0 Å². The highest BCUT2D eigenvalue weighted by Gasteiger charge is 2.57. The zero-order chi connectivity index (χ0) is 29.0. The Kier molecular flexibility index (Phi) is 6.50. The van der Waals surface area contributed by atoms with Crippen molar-refractivity contribution in [2.24, 2.45) is 5.73 Å². The van der Waals surface area contributed by atoms with Crippen molar-refractivity contribution in [3.63, 3.8) is 0 Å². The number of hydrogen-bond donors (Lipinski definition) is 4. The molecule has 40 heavy (non-hydrogen) atoms. The second kappa shape index (κ2) is 9.49. The molecule has 0 saturated carbocycles. The van der Waals surface area contributed by atoms with Crippen LogP contribution in [0.2, 0.25) is 5.02 Å². The molecule has 3 heterocycles. The van der Waals surface area contributed by atoms with Crippen LogP contribution < -0.4 is 15.8 Å². The molecule has 0 radical (unpaired) electrons. The van der Waals surface area contributed by atoms with Crippen molar-refractivity contribution >= 4 is 34.3 Å². The number of nitrogens with one attached hydrogen (secondary N) is 2. The summed E-state index contributed by atoms with van der Waals surface area (Å²) in [7, 11) is 0. The summed E-state index contributed by atoms with van der Waals surface area (Å²) in [4.78, 5) is 32.1. The number of alkyl halides is 3. The minimum Gasteiger partial charge on any atom is -0.489 e. The Morgan fingerprint density at radius 1 is 1.20 bits per heavy atom. The van der Waals surface area contributed by atoms with Gasteiger partial charge in [0.05, 0.1) is 22.8 Å². The molecule has 13 heteroatoms. The Morgan fingerprint density at radius 3 is 2.55 bits per heavy atom. The number of carbonyl (C=O) groups is 2. The second-order valence-electron chi connectivity index (χ2n) is 9.67. The Morgan fingerprint density at radius 2 is 1.90 bits per heavy atom. The first-order valence-corrected chi connectivity index (χ1v) is 12.2. The van der Waals surface area contributed by atoms with Crippen LogP contribution in [0, 0.1) is 5.82 Å². The molecule has 2 atom stereocenters. The lowest BCUT2D eigenvalue weighted by Crippen LogP contribution is -2.51. The number of rotatable bonds is 6. The van der Waals surface area contributed by atoms with Gasteiger partial charge in [-0.05, 0) is 55.5 Å². The van der Waals surface area contributed by atoms with E-state index in [0.29, 0.717) is 10.9 Å². The van der Waals surface area contributed by atoms with E-state index >= 15 is 0 Å². The van der Waals surface area contributed by atoms with Crippen LogP contribution in [0.15, 0.2) is 54.7 Å². The van der Waals surface area contributed by atoms with Gasteiger partial charge >= 0.3 is 6.18 Å². The average molecular weight is 577 g/mol. The van der Waals surface area contributed by atoms with E-state index in [9.17, 15) is 32.3 Å². The molecule has 0 bridgehead atoms. The number of aliphatic hydroxyl groups is 1. The van der Waals surface area contributed by atoms with Gasteiger partial charge in [-0.3, -0.25) is 9.59 Å². The van der Waals surface area contributed by atoms with Crippen molar-refractivity contribution in [3.8, 4) is 17.0 Å². The number of halogens is 5. The molecule has 2 aromatic heterocycles. The van der Waals surface area contributed by atoms with E-state index in [2.05, 4.69) is 15.3 Å². The average Bonchev–Trinajstić information content (AvgIpc) is 3.52. The van der Waals surface area contributed by atoms with Crippen LogP contribution in [0.3, 0.4) is 0 Å². The van der Waals surface area contributed by atoms with E-state index in [1.165, 1.54) is 31.2 Å². The number of aromatic amines is 1. The Balaban J connectivity index is 1.60. The zero-order valence-corrected chi connectivity index (χ0v) is 21.5. The number of benzene rings is 2. The van der Waals surface area contributed by atoms with E-state index in [1.54, 1.807) is 12.3 Å². The number of H-pyrrole nitrogens is 1. The fourth-order valence-electron chi connectivity index (χ4n) is 4.51. The number of nitrogens with two attached hydrogens (primary N) is 1. The first-order chi connectivity index (χ1) is 18.7. The molecule has 8 nitrogen and oxygen atoms in total. The predicted octanol–water partition coefficient (Wildman–Crippen LogP) is 4.34. The molecule has 0 aliphatic carbocycles. The minimum atomic E-state index is -5.34. The third kappa shape index (κ3) is 4.42. The van der Waals surface area contributed by atoms with Crippen LogP contribution in [0.1, 0.15) is 28.5 Å². The van der Waals surface area contributed by atoms with Gasteiger partial charge in [0.25, 0.3) is 5.91 Å². The topological polar surface area (TPSA) is 130 Å². The SMILES string of the molecule is C[C@]1(C(N)=O)COc2c1cc([C@@](O)(CNC(=O)c1cc(Cl)c3[nH]ccc3c1)C(F)(F)F)nc2-c1ccc(F)cc1. The summed E-state index contributed by atoms with van der Waals surface area (Å²) >= 11 is 6.17. The van der Waals surface area contributed by atoms with Gasteiger partial charge in [-0.2, -0.15) is 13.2 Å². The maximum absolute atomic E-state index is 14.5. The molecular weight excluding hydrogens is 556 g/mol. The standard InChI is InChI=1S/C27H21ClF4N4O4/c1-25(24(33)38)12-40-22-17(25)10-19(36-21(22)13-2-4-16(29)5-3-13)26(39,27(30,31)32)11-35-23(37)15-8-14-6-7-34-20(14)18(28)9-15/h2-10,34,39H,11-12H2,1H3,(H2,33,38)(H,35,37)/t25-,26-/m0/s1. The highest BCUT2D eigenvalue weighted by Crippen LogP contribution is 2.47. The number of hydrogen-bond acceptors (Lipinski definition) is 5. The zero-order valence-electron chi connectivity index (χ0n) is 20.7. The van der Waals surface area contributed by atoms with Crippen LogP contribution in [0.5, 0.6) is 5.75 Å². The molecule has 1 aliphatic heterocycles. The molecule has 0 unspecified atom stereocenters. The van der Waals surface area contributed by atoms with Gasteiger partial charge in [0.2, 0.25) is 11.5 Å². The number of fused-ring (bicyclic) bond motifs is 2. The molecule has 0 fully saturated rings. The fourth-order valence-corrected chi connectivity index (χ4v) is 4.79. The van der Waals surface area contributed by atoms with Crippen molar-refractivity contribution in [1.82, 2.24) is 15.3 Å². The van der Waals surface area contributed by atoms with E-state index in [4.69, 9.17) is 22.1 Å². The number of carbonyl (C=O) groups excluding carboxylic acids is 2. The monoisotopic (exact) mass is 576 g/mol. The third-order valence-corrected chi connectivity index (χ3v) is 7.30. The molecule has 5 N–H and O–H groups in total. The maximum atomic E-state index is 14.5. The van der Waals surface area contributed by atoms with Crippen LogP contribution >= 0.6 is 11.6 Å². The van der Waals surface area contributed by atoms with Crippen LogP contribution in [0.4, 0.5) is 17.6 Å². The maximum Gasteiger partial charge on any atom is 0.424 e. The summed E-state index contributed by atoms with van der Waals surface area (Å²) in [6, 6.07) is 9.90. The van der Waals surface area contributed by atoms with Gasteiger partial charge in [-0.1, -0.05) is 11.6 Å². The summed E-state index contributed by atoms with van der Waals surface area (Å²) < 4.78 is 62.8. The third-order valence-electron chi connectivity index (χ3n) is 7.01. The predicted molar refractivity (Wildman–Crippen MR) is 137 cm³/mol. The minimum absolute atomic E-state index is 0.0281. The van der Waals surface area contributed by atoms with Crippen molar-refractivity contribution in [2.45, 2.75) is 24.1 Å². The summed E-state index contributed by atoms with van der Waals surface area (Å²) in [6.45, 7) is -0.240. The van der Waals surface area contributed by atoms with Crippen LogP contribution in [-0.2, 0) is 15.8 Å². The number of primary amides is 1. The normalized spacial score (nSPS) is 18.2. The number of amides is 2. The molecular formula is C27H21ClF4N4O4. The summed E-state index contributed by atoms with van der Waals surface area (Å²) in [5.41, 5.74) is -0.166. The fraction of sp³-hybridized carbons (Fsp3) is 0.222. The smallest absolute Gasteiger partial charge is 0.424 e. The first kappa shape index (κ1) is 27.4. The molecule has 2 aromatic carbocycles. The van der Waals surface area contributed by atoms with Crippen LogP contribution in [0.25, 0.3) is 22.2 Å². The van der Waals surface area contributed by atoms with Crippen molar-refractivity contribution in [1.29, 1.82) is 0 Å². The molecule has 0 saturated heterocycles. The molecule has 5 rings (SSSR count). The van der Waals surface area contributed by atoms with E-state index in [0.717, 1.165) is 18.2 Å². The molecule has 208 valence electrons. The lowest BCUT2D eigenvalue weighted by atomic mass is 9.81. The first-order valence-electron chi connectivity index (χ1n) is 11.8. The lowest BCUT2D eigenvalue weighted by Gasteiger charge is -2.31. The largest absolute Gasteiger partial charge is 0.489 e. The van der Waals surface area contributed by atoms with Crippen LogP contribution in [-0.4, -0.2) is 46.2 Å².